The van der Waals surface area contributed by atoms with Crippen molar-refractivity contribution in [3.05, 3.63) is 77.4 Å². The van der Waals surface area contributed by atoms with Crippen molar-refractivity contribution in [2.24, 2.45) is 0 Å². The van der Waals surface area contributed by atoms with Crippen LogP contribution in [0.15, 0.2) is 54.9 Å². The molecule has 8 nitrogen and oxygen atoms in total. The van der Waals surface area contributed by atoms with Gasteiger partial charge in [-0.1, -0.05) is 35.5 Å². The first-order chi connectivity index (χ1) is 13.2. The van der Waals surface area contributed by atoms with Crippen molar-refractivity contribution in [2.75, 3.05) is 0 Å². The molecule has 0 bridgehead atoms. The van der Waals surface area contributed by atoms with Gasteiger partial charge in [-0.3, -0.25) is 14.6 Å². The maximum atomic E-state index is 12.4. The van der Waals surface area contributed by atoms with Crippen molar-refractivity contribution in [1.29, 1.82) is 0 Å². The van der Waals surface area contributed by atoms with E-state index in [2.05, 4.69) is 20.6 Å². The second-order valence-corrected chi connectivity index (χ2v) is 6.30. The van der Waals surface area contributed by atoms with Gasteiger partial charge in [0.2, 0.25) is 5.91 Å². The molecule has 0 saturated carbocycles. The Labute approximate surface area is 155 Å². The summed E-state index contributed by atoms with van der Waals surface area (Å²) in [7, 11) is 0. The summed E-state index contributed by atoms with van der Waals surface area (Å²) in [5, 5.41) is 11.0. The fourth-order valence-corrected chi connectivity index (χ4v) is 3.01. The van der Waals surface area contributed by atoms with Crippen LogP contribution in [0.2, 0.25) is 0 Å². The molecule has 0 unspecified atom stereocenters. The quantitative estimate of drug-likeness (QED) is 0.735. The molecule has 3 aromatic rings. The van der Waals surface area contributed by atoms with Crippen LogP contribution >= 0.6 is 0 Å². The zero-order valence-electron chi connectivity index (χ0n) is 14.6. The maximum absolute atomic E-state index is 12.4. The van der Waals surface area contributed by atoms with E-state index in [4.69, 9.17) is 0 Å². The number of carbonyl (C=O) groups excluding carboxylic acids is 2. The highest BCUT2D eigenvalue weighted by molar-refractivity contribution is 5.93. The molecule has 0 aliphatic carbocycles. The van der Waals surface area contributed by atoms with E-state index in [9.17, 15) is 9.59 Å². The molecule has 2 aromatic heterocycles. The zero-order valence-corrected chi connectivity index (χ0v) is 14.6. The van der Waals surface area contributed by atoms with Gasteiger partial charge in [0.1, 0.15) is 12.2 Å². The summed E-state index contributed by atoms with van der Waals surface area (Å²) in [6, 6.07) is 13.2. The molecule has 1 aromatic carbocycles. The molecule has 8 heteroatoms. The molecular formula is C19H18N6O2. The lowest BCUT2D eigenvalue weighted by molar-refractivity contribution is -0.135. The molecule has 1 aliphatic heterocycles. The van der Waals surface area contributed by atoms with Gasteiger partial charge in [-0.25, -0.2) is 4.68 Å². The Balaban J connectivity index is 1.45. The second-order valence-electron chi connectivity index (χ2n) is 6.30. The van der Waals surface area contributed by atoms with Gasteiger partial charge in [-0.15, -0.1) is 5.10 Å². The van der Waals surface area contributed by atoms with E-state index in [0.717, 1.165) is 11.3 Å². The van der Waals surface area contributed by atoms with Gasteiger partial charge in [-0.05, 0) is 17.7 Å². The van der Waals surface area contributed by atoms with Crippen molar-refractivity contribution < 1.29 is 9.59 Å². The van der Waals surface area contributed by atoms with Crippen LogP contribution in [0.25, 0.3) is 0 Å². The Hall–Kier alpha value is -3.55. The number of carbonyl (C=O) groups is 2. The summed E-state index contributed by atoms with van der Waals surface area (Å²) in [5.74, 6) is -0.222. The van der Waals surface area contributed by atoms with E-state index >= 15 is 0 Å². The minimum absolute atomic E-state index is 0.00204. The molecule has 0 fully saturated rings. The van der Waals surface area contributed by atoms with Crippen LogP contribution in [-0.4, -0.2) is 36.7 Å². The molecule has 0 saturated heterocycles. The van der Waals surface area contributed by atoms with Crippen LogP contribution < -0.4 is 5.32 Å². The number of benzene rings is 1. The monoisotopic (exact) mass is 362 g/mol. The summed E-state index contributed by atoms with van der Waals surface area (Å²) in [6.45, 7) is 1.35. The minimum atomic E-state index is -0.224. The third kappa shape index (κ3) is 3.69. The molecule has 0 atom stereocenters. The molecule has 1 aliphatic rings. The maximum Gasteiger partial charge on any atom is 0.253 e. The zero-order chi connectivity index (χ0) is 18.6. The van der Waals surface area contributed by atoms with Crippen LogP contribution in [0.5, 0.6) is 0 Å². The third-order valence-electron chi connectivity index (χ3n) is 4.45. The normalized spacial score (nSPS) is 13.3. The summed E-state index contributed by atoms with van der Waals surface area (Å²) in [5.41, 5.74) is 3.06. The second kappa shape index (κ2) is 7.36. The number of nitrogens with zero attached hydrogens (tertiary/aromatic N) is 5. The average molecular weight is 362 g/mol. The Bertz CT molecular complexity index is 955. The first-order valence-electron chi connectivity index (χ1n) is 8.62. The first kappa shape index (κ1) is 16.9. The van der Waals surface area contributed by atoms with Crippen molar-refractivity contribution in [2.45, 2.75) is 26.2 Å². The number of amides is 2. The van der Waals surface area contributed by atoms with Crippen LogP contribution in [0.1, 0.15) is 27.3 Å². The predicted molar refractivity (Wildman–Crippen MR) is 96.1 cm³/mol. The van der Waals surface area contributed by atoms with Crippen LogP contribution in [-0.2, 0) is 31.0 Å². The predicted octanol–water partition coefficient (Wildman–Crippen LogP) is 1.15. The molecule has 136 valence electrons. The average Bonchev–Trinajstić information content (AvgIpc) is 3.09. The summed E-state index contributed by atoms with van der Waals surface area (Å²) in [6.07, 6.45) is 3.13. The van der Waals surface area contributed by atoms with Gasteiger partial charge in [0.15, 0.2) is 0 Å². The number of rotatable bonds is 5. The van der Waals surface area contributed by atoms with Gasteiger partial charge < -0.3 is 10.2 Å². The van der Waals surface area contributed by atoms with Gasteiger partial charge in [0.05, 0.1) is 24.3 Å². The molecule has 3 heterocycles. The largest absolute Gasteiger partial charge is 0.346 e. The van der Waals surface area contributed by atoms with Crippen molar-refractivity contribution in [1.82, 2.24) is 30.2 Å². The van der Waals surface area contributed by atoms with E-state index in [1.807, 2.05) is 30.3 Å². The molecule has 1 N–H and O–H groups in total. The van der Waals surface area contributed by atoms with E-state index in [0.29, 0.717) is 24.3 Å². The van der Waals surface area contributed by atoms with Crippen LogP contribution in [0.4, 0.5) is 0 Å². The van der Waals surface area contributed by atoms with Crippen LogP contribution in [0, 0.1) is 0 Å². The SMILES string of the molecule is O=C(NCc1nnn2c1CN(Cc1ccccc1)C(=O)C2)c1cccnc1. The fourth-order valence-electron chi connectivity index (χ4n) is 3.01. The Morgan fingerprint density at radius 3 is 2.74 bits per heavy atom. The Morgan fingerprint density at radius 1 is 1.11 bits per heavy atom. The standard InChI is InChI=1S/C19H18N6O2/c26-18-13-25-17(12-24(18)11-14-5-2-1-3-6-14)16(22-23-25)10-21-19(27)15-7-4-8-20-9-15/h1-9H,10-13H2,(H,21,27). The molecule has 4 rings (SSSR count). The van der Waals surface area contributed by atoms with E-state index in [1.54, 1.807) is 27.9 Å². The molecule has 0 radical (unpaired) electrons. The highest BCUT2D eigenvalue weighted by Gasteiger charge is 2.27. The molecule has 27 heavy (non-hydrogen) atoms. The van der Waals surface area contributed by atoms with E-state index in [-0.39, 0.29) is 24.9 Å². The number of aromatic nitrogens is 4. The van der Waals surface area contributed by atoms with Gasteiger partial charge in [0, 0.05) is 18.9 Å². The summed E-state index contributed by atoms with van der Waals surface area (Å²) >= 11 is 0. The third-order valence-corrected chi connectivity index (χ3v) is 4.45. The fraction of sp³-hybridized carbons (Fsp3) is 0.211. The lowest BCUT2D eigenvalue weighted by atomic mass is 10.1. The summed E-state index contributed by atoms with van der Waals surface area (Å²) in [4.78, 5) is 30.3. The molecule has 0 spiro atoms. The molecular weight excluding hydrogens is 344 g/mol. The number of fused-ring (bicyclic) bond motifs is 1. The Morgan fingerprint density at radius 2 is 1.96 bits per heavy atom. The topological polar surface area (TPSA) is 93.0 Å². The lowest BCUT2D eigenvalue weighted by Crippen LogP contribution is -2.39. The minimum Gasteiger partial charge on any atom is -0.346 e. The van der Waals surface area contributed by atoms with Crippen molar-refractivity contribution in [3.8, 4) is 0 Å². The van der Waals surface area contributed by atoms with Crippen molar-refractivity contribution in [3.63, 3.8) is 0 Å². The van der Waals surface area contributed by atoms with E-state index in [1.165, 1.54) is 6.20 Å². The number of hydrogen-bond donors (Lipinski definition) is 1. The first-order valence-corrected chi connectivity index (χ1v) is 8.62. The number of pyridine rings is 1. The highest BCUT2D eigenvalue weighted by atomic mass is 16.2. The number of nitrogens with one attached hydrogen (secondary N) is 1. The summed E-state index contributed by atoms with van der Waals surface area (Å²) < 4.78 is 1.61. The Kier molecular flexibility index (Phi) is 4.61. The van der Waals surface area contributed by atoms with Crippen molar-refractivity contribution >= 4 is 11.8 Å². The molecule has 2 amide bonds. The van der Waals surface area contributed by atoms with Gasteiger partial charge >= 0.3 is 0 Å². The smallest absolute Gasteiger partial charge is 0.253 e. The van der Waals surface area contributed by atoms with Crippen LogP contribution in [0.3, 0.4) is 0 Å². The highest BCUT2D eigenvalue weighted by Crippen LogP contribution is 2.18. The van der Waals surface area contributed by atoms with Gasteiger partial charge in [-0.2, -0.15) is 0 Å². The van der Waals surface area contributed by atoms with Gasteiger partial charge in [0.25, 0.3) is 5.91 Å². The lowest BCUT2D eigenvalue weighted by Gasteiger charge is -2.27. The number of hydrogen-bond acceptors (Lipinski definition) is 5. The van der Waals surface area contributed by atoms with E-state index < -0.39 is 0 Å².